The van der Waals surface area contributed by atoms with E-state index in [1.165, 1.54) is 11.0 Å². The van der Waals surface area contributed by atoms with Crippen LogP contribution in [0.25, 0.3) is 10.8 Å². The zero-order chi connectivity index (χ0) is 33.4. The van der Waals surface area contributed by atoms with E-state index in [9.17, 15) is 14.4 Å². The summed E-state index contributed by atoms with van der Waals surface area (Å²) in [5.74, 6) is -0.608. The summed E-state index contributed by atoms with van der Waals surface area (Å²) in [4.78, 5) is 49.4. The van der Waals surface area contributed by atoms with Crippen LogP contribution in [0.2, 0.25) is 0 Å². The lowest BCUT2D eigenvalue weighted by atomic mass is 9.97. The van der Waals surface area contributed by atoms with Crippen molar-refractivity contribution in [1.82, 2.24) is 19.6 Å². The third-order valence-corrected chi connectivity index (χ3v) is 9.13. The molecule has 1 fully saturated rings. The highest BCUT2D eigenvalue weighted by molar-refractivity contribution is 5.95. The smallest absolute Gasteiger partial charge is 0.246 e. The van der Waals surface area contributed by atoms with Crippen LogP contribution in [-0.2, 0) is 27.2 Å². The number of carbonyl (C=O) groups is 3. The first-order chi connectivity index (χ1) is 21.8. The van der Waals surface area contributed by atoms with Crippen molar-refractivity contribution in [2.45, 2.75) is 69.6 Å². The molecule has 1 aliphatic rings. The highest BCUT2D eigenvalue weighted by Gasteiger charge is 2.37. The van der Waals surface area contributed by atoms with E-state index in [-0.39, 0.29) is 17.7 Å². The van der Waals surface area contributed by atoms with Crippen molar-refractivity contribution in [3.8, 4) is 0 Å². The van der Waals surface area contributed by atoms with Crippen LogP contribution >= 0.6 is 0 Å². The first-order valence-corrected chi connectivity index (χ1v) is 16.3. The normalized spacial score (nSPS) is 15.7. The summed E-state index contributed by atoms with van der Waals surface area (Å²) in [6.45, 7) is 5.10. The first-order valence-electron chi connectivity index (χ1n) is 16.3. The van der Waals surface area contributed by atoms with Gasteiger partial charge >= 0.3 is 0 Å². The number of fused-ring (bicyclic) bond motifs is 1. The van der Waals surface area contributed by atoms with E-state index < -0.39 is 17.6 Å². The zero-order valence-electron chi connectivity index (χ0n) is 28.4. The quantitative estimate of drug-likeness (QED) is 0.299. The van der Waals surface area contributed by atoms with E-state index in [1.54, 1.807) is 25.1 Å². The van der Waals surface area contributed by atoms with Gasteiger partial charge in [-0.1, -0.05) is 78.9 Å². The fraction of sp³-hybridized carbons (Fsp3) is 0.447. The van der Waals surface area contributed by atoms with Crippen molar-refractivity contribution in [2.75, 3.05) is 41.3 Å². The Balaban J connectivity index is 1.64. The highest BCUT2D eigenvalue weighted by atomic mass is 16.2. The van der Waals surface area contributed by atoms with Crippen molar-refractivity contribution >= 4 is 28.5 Å². The minimum atomic E-state index is -0.820. The molecule has 46 heavy (non-hydrogen) atoms. The molecule has 0 aliphatic carbocycles. The van der Waals surface area contributed by atoms with Gasteiger partial charge in [-0.15, -0.1) is 0 Å². The lowest BCUT2D eigenvalue weighted by Crippen LogP contribution is -2.57. The summed E-state index contributed by atoms with van der Waals surface area (Å²) < 4.78 is 0. The summed E-state index contributed by atoms with van der Waals surface area (Å²) in [5.41, 5.74) is 7.59. The molecule has 1 aliphatic heterocycles. The number of rotatable bonds is 12. The second-order valence-corrected chi connectivity index (χ2v) is 13.6. The van der Waals surface area contributed by atoms with Gasteiger partial charge < -0.3 is 25.3 Å². The molecule has 8 nitrogen and oxygen atoms in total. The molecule has 3 aromatic carbocycles. The van der Waals surface area contributed by atoms with Crippen molar-refractivity contribution in [2.24, 2.45) is 5.73 Å². The van der Waals surface area contributed by atoms with Crippen LogP contribution in [-0.4, -0.2) is 102 Å². The van der Waals surface area contributed by atoms with Gasteiger partial charge in [-0.25, -0.2) is 0 Å². The predicted molar refractivity (Wildman–Crippen MR) is 186 cm³/mol. The number of hydrogen-bond donors (Lipinski definition) is 1. The molecule has 1 heterocycles. The van der Waals surface area contributed by atoms with Gasteiger partial charge in [0.25, 0.3) is 0 Å². The summed E-state index contributed by atoms with van der Waals surface area (Å²) >= 11 is 0. The Bertz CT molecular complexity index is 1510. The third kappa shape index (κ3) is 9.27. The zero-order valence-corrected chi connectivity index (χ0v) is 28.4. The Hall–Kier alpha value is -4.01. The number of nitrogens with two attached hydrogens (primary N) is 1. The Labute approximate surface area is 274 Å². The van der Waals surface area contributed by atoms with E-state index in [4.69, 9.17) is 5.73 Å². The van der Waals surface area contributed by atoms with Crippen LogP contribution in [0.3, 0.4) is 0 Å². The van der Waals surface area contributed by atoms with Crippen LogP contribution in [0.5, 0.6) is 0 Å². The second kappa shape index (κ2) is 15.5. The topological polar surface area (TPSA) is 90.2 Å². The van der Waals surface area contributed by atoms with Gasteiger partial charge in [0.1, 0.15) is 12.1 Å². The predicted octanol–water partition coefficient (Wildman–Crippen LogP) is 4.52. The molecule has 1 saturated heterocycles. The molecule has 2 atom stereocenters. The average Bonchev–Trinajstić information content (AvgIpc) is 3.04. The Morgan fingerprint density at radius 3 is 2.07 bits per heavy atom. The second-order valence-electron chi connectivity index (χ2n) is 13.6. The van der Waals surface area contributed by atoms with Crippen molar-refractivity contribution in [3.05, 3.63) is 96.1 Å². The van der Waals surface area contributed by atoms with Crippen LogP contribution < -0.4 is 5.73 Å². The van der Waals surface area contributed by atoms with E-state index in [2.05, 4.69) is 31.1 Å². The largest absolute Gasteiger partial charge is 0.341 e. The van der Waals surface area contributed by atoms with E-state index in [0.29, 0.717) is 38.4 Å². The molecule has 0 unspecified atom stereocenters. The SMILES string of the molecule is CN(C)C1CCN(C(=O)[C@@H](Cc2ccccc2)N(C)C(=O)[C@@H](Cc2ccc3ccccc3c2)N(C)C(=O)C=CCC(C)(C)N)CC1. The number of piperidine rings is 1. The molecular weight excluding hydrogens is 574 g/mol. The van der Waals surface area contributed by atoms with Gasteiger partial charge in [0.2, 0.25) is 17.7 Å². The summed E-state index contributed by atoms with van der Waals surface area (Å²) in [6.07, 6.45) is 6.27. The summed E-state index contributed by atoms with van der Waals surface area (Å²) in [6, 6.07) is 22.9. The maximum atomic E-state index is 14.6. The number of benzene rings is 3. The molecule has 2 N–H and O–H groups in total. The Morgan fingerprint density at radius 1 is 0.826 bits per heavy atom. The van der Waals surface area contributed by atoms with Gasteiger partial charge in [-0.05, 0) is 75.2 Å². The first kappa shape index (κ1) is 34.9. The van der Waals surface area contributed by atoms with Gasteiger partial charge in [0, 0.05) is 51.6 Å². The van der Waals surface area contributed by atoms with Crippen molar-refractivity contribution in [1.29, 1.82) is 0 Å². The monoisotopic (exact) mass is 625 g/mol. The average molecular weight is 626 g/mol. The molecule has 4 rings (SSSR count). The van der Waals surface area contributed by atoms with E-state index in [0.717, 1.165) is 34.7 Å². The van der Waals surface area contributed by atoms with Crippen molar-refractivity contribution < 1.29 is 14.4 Å². The maximum absolute atomic E-state index is 14.6. The molecule has 0 radical (unpaired) electrons. The van der Waals surface area contributed by atoms with Gasteiger partial charge in [0.05, 0.1) is 0 Å². The lowest BCUT2D eigenvalue weighted by Gasteiger charge is -2.40. The number of nitrogens with zero attached hydrogens (tertiary/aromatic N) is 4. The maximum Gasteiger partial charge on any atom is 0.246 e. The number of amides is 3. The summed E-state index contributed by atoms with van der Waals surface area (Å²) in [7, 11) is 7.52. The molecule has 246 valence electrons. The molecule has 8 heteroatoms. The van der Waals surface area contributed by atoms with Crippen LogP contribution in [0.15, 0.2) is 84.9 Å². The lowest BCUT2D eigenvalue weighted by molar-refractivity contribution is -0.149. The fourth-order valence-electron chi connectivity index (χ4n) is 6.14. The van der Waals surface area contributed by atoms with Crippen LogP contribution in [0, 0.1) is 0 Å². The Kier molecular flexibility index (Phi) is 11.8. The Morgan fingerprint density at radius 2 is 1.43 bits per heavy atom. The van der Waals surface area contributed by atoms with Gasteiger partial charge in [0.15, 0.2) is 0 Å². The van der Waals surface area contributed by atoms with E-state index >= 15 is 0 Å². The molecule has 0 aromatic heterocycles. The highest BCUT2D eigenvalue weighted by Crippen LogP contribution is 2.22. The molecule has 0 spiro atoms. The summed E-state index contributed by atoms with van der Waals surface area (Å²) in [5, 5.41) is 2.17. The fourth-order valence-corrected chi connectivity index (χ4v) is 6.14. The molecule has 3 aromatic rings. The van der Waals surface area contributed by atoms with E-state index in [1.807, 2.05) is 79.4 Å². The van der Waals surface area contributed by atoms with Gasteiger partial charge in [-0.3, -0.25) is 14.4 Å². The van der Waals surface area contributed by atoms with Crippen LogP contribution in [0.1, 0.15) is 44.2 Å². The molecule has 3 amide bonds. The van der Waals surface area contributed by atoms with Gasteiger partial charge in [-0.2, -0.15) is 0 Å². The van der Waals surface area contributed by atoms with Crippen LogP contribution in [0.4, 0.5) is 0 Å². The number of likely N-dealkylation sites (tertiary alicyclic amines) is 1. The number of likely N-dealkylation sites (N-methyl/N-ethyl adjacent to an activating group) is 2. The molecule has 0 bridgehead atoms. The number of carbonyl (C=O) groups excluding carboxylic acids is 3. The minimum Gasteiger partial charge on any atom is -0.341 e. The minimum absolute atomic E-state index is 0.0552. The molecule has 0 saturated carbocycles. The third-order valence-electron chi connectivity index (χ3n) is 9.13. The number of hydrogen-bond acceptors (Lipinski definition) is 5. The molecular formula is C38H51N5O3. The van der Waals surface area contributed by atoms with Crippen molar-refractivity contribution in [3.63, 3.8) is 0 Å². The standard InChI is InChI=1S/C38H51N5O3/c1-38(2,39)22-12-17-35(44)41(5)33(27-29-18-19-30-15-10-11-16-31(30)25-29)36(45)42(6)34(26-28-13-8-7-9-14-28)37(46)43-23-20-32(21-24-43)40(3)4/h7-19,25,32-34H,20-24,26-27,39H2,1-6H3/t33-,34-/m1/s1.